The zero-order valence-electron chi connectivity index (χ0n) is 14.7. The van der Waals surface area contributed by atoms with Gasteiger partial charge in [-0.3, -0.25) is 0 Å². The summed E-state index contributed by atoms with van der Waals surface area (Å²) >= 11 is 0. The third-order valence-electron chi connectivity index (χ3n) is 7.20. The first-order valence-electron chi connectivity index (χ1n) is 8.96. The van der Waals surface area contributed by atoms with Crippen LogP contribution in [0.3, 0.4) is 0 Å². The van der Waals surface area contributed by atoms with E-state index in [1.807, 2.05) is 0 Å². The Hall–Kier alpha value is -1.44. The molecule has 0 aromatic heterocycles. The van der Waals surface area contributed by atoms with Gasteiger partial charge in [-0.15, -0.1) is 0 Å². The Morgan fingerprint density at radius 2 is 1.96 bits per heavy atom. The first-order valence-corrected chi connectivity index (χ1v) is 8.96. The topological polar surface area (TPSA) is 40.5 Å². The van der Waals surface area contributed by atoms with E-state index in [0.717, 1.165) is 18.4 Å². The van der Waals surface area contributed by atoms with Crippen molar-refractivity contribution in [3.8, 4) is 11.5 Å². The fraction of sp³-hybridized carbons (Fsp3) is 0.619. The molecule has 2 saturated carbocycles. The van der Waals surface area contributed by atoms with Crippen LogP contribution in [0.25, 0.3) is 0 Å². The molecule has 2 aliphatic rings. The molecule has 2 heteroatoms. The first-order chi connectivity index (χ1) is 10.8. The van der Waals surface area contributed by atoms with E-state index in [-0.39, 0.29) is 16.6 Å². The third-order valence-corrected chi connectivity index (χ3v) is 7.20. The van der Waals surface area contributed by atoms with Gasteiger partial charge in [0.1, 0.15) is 11.5 Å². The largest absolute Gasteiger partial charge is 0.508 e. The molecule has 4 atom stereocenters. The van der Waals surface area contributed by atoms with Gasteiger partial charge in [0.15, 0.2) is 0 Å². The summed E-state index contributed by atoms with van der Waals surface area (Å²) in [5.41, 5.74) is 2.65. The summed E-state index contributed by atoms with van der Waals surface area (Å²) in [6, 6.07) is 4.90. The van der Waals surface area contributed by atoms with Gasteiger partial charge in [-0.2, -0.15) is 0 Å². The maximum Gasteiger partial charge on any atom is 0.119 e. The molecule has 1 aromatic rings. The van der Waals surface area contributed by atoms with Crippen LogP contribution < -0.4 is 0 Å². The van der Waals surface area contributed by atoms with E-state index in [9.17, 15) is 10.2 Å². The van der Waals surface area contributed by atoms with Crippen molar-refractivity contribution in [2.45, 2.75) is 59.3 Å². The molecule has 0 saturated heterocycles. The second kappa shape index (κ2) is 5.58. The van der Waals surface area contributed by atoms with Gasteiger partial charge in [-0.25, -0.2) is 0 Å². The lowest BCUT2D eigenvalue weighted by molar-refractivity contribution is -0.0491. The number of phenols is 2. The van der Waals surface area contributed by atoms with Gasteiger partial charge in [-0.1, -0.05) is 32.9 Å². The van der Waals surface area contributed by atoms with E-state index in [2.05, 4.69) is 27.4 Å². The second-order valence-corrected chi connectivity index (χ2v) is 8.40. The average Bonchev–Trinajstić information content (AvgIpc) is 2.50. The van der Waals surface area contributed by atoms with Crippen molar-refractivity contribution in [3.05, 3.63) is 35.9 Å². The molecule has 0 heterocycles. The lowest BCUT2D eigenvalue weighted by Crippen LogP contribution is -2.51. The Bertz CT molecular complexity index is 620. The van der Waals surface area contributed by atoms with E-state index in [4.69, 9.17) is 0 Å². The van der Waals surface area contributed by atoms with Crippen LogP contribution in [0.2, 0.25) is 0 Å². The minimum Gasteiger partial charge on any atom is -0.508 e. The number of hydrogen-bond acceptors (Lipinski definition) is 2. The monoisotopic (exact) mass is 314 g/mol. The number of benzene rings is 1. The molecule has 0 radical (unpaired) electrons. The predicted molar refractivity (Wildman–Crippen MR) is 94.6 cm³/mol. The highest BCUT2D eigenvalue weighted by Crippen LogP contribution is 2.62. The summed E-state index contributed by atoms with van der Waals surface area (Å²) < 4.78 is 0. The molecule has 0 bridgehead atoms. The zero-order chi connectivity index (χ0) is 16.8. The van der Waals surface area contributed by atoms with Gasteiger partial charge >= 0.3 is 0 Å². The Morgan fingerprint density at radius 3 is 2.70 bits per heavy atom. The van der Waals surface area contributed by atoms with Crippen LogP contribution in [-0.4, -0.2) is 10.2 Å². The van der Waals surface area contributed by atoms with Crippen molar-refractivity contribution in [3.63, 3.8) is 0 Å². The van der Waals surface area contributed by atoms with E-state index in [1.165, 1.54) is 31.3 Å². The molecule has 0 aliphatic heterocycles. The second-order valence-electron chi connectivity index (χ2n) is 8.40. The van der Waals surface area contributed by atoms with Gasteiger partial charge in [0.25, 0.3) is 0 Å². The molecular weight excluding hydrogens is 284 g/mol. The quantitative estimate of drug-likeness (QED) is 0.564. The summed E-state index contributed by atoms with van der Waals surface area (Å²) in [5.74, 6) is 1.74. The minimum atomic E-state index is 0.127. The molecule has 126 valence electrons. The van der Waals surface area contributed by atoms with Gasteiger partial charge in [-0.05, 0) is 85.0 Å². The van der Waals surface area contributed by atoms with E-state index in [1.54, 1.807) is 18.2 Å². The Labute approximate surface area is 140 Å². The normalized spacial score (nSPS) is 37.4. The Kier molecular flexibility index (Phi) is 3.98. The van der Waals surface area contributed by atoms with E-state index >= 15 is 0 Å². The lowest BCUT2D eigenvalue weighted by Gasteiger charge is -2.58. The van der Waals surface area contributed by atoms with E-state index in [0.29, 0.717) is 17.6 Å². The summed E-state index contributed by atoms with van der Waals surface area (Å²) in [6.45, 7) is 11.6. The van der Waals surface area contributed by atoms with Crippen LogP contribution in [0.1, 0.15) is 58.4 Å². The van der Waals surface area contributed by atoms with Crippen LogP contribution >= 0.6 is 0 Å². The molecule has 23 heavy (non-hydrogen) atoms. The highest BCUT2D eigenvalue weighted by atomic mass is 16.3. The molecule has 1 aromatic carbocycles. The van der Waals surface area contributed by atoms with Crippen LogP contribution in [0.5, 0.6) is 11.5 Å². The Morgan fingerprint density at radius 1 is 1.22 bits per heavy atom. The molecule has 0 unspecified atom stereocenters. The van der Waals surface area contributed by atoms with Crippen LogP contribution in [-0.2, 0) is 6.42 Å². The smallest absolute Gasteiger partial charge is 0.119 e. The van der Waals surface area contributed by atoms with Gasteiger partial charge < -0.3 is 10.2 Å². The van der Waals surface area contributed by atoms with Crippen molar-refractivity contribution in [1.82, 2.24) is 0 Å². The van der Waals surface area contributed by atoms with Gasteiger partial charge in [0.05, 0.1) is 0 Å². The first kappa shape index (κ1) is 16.4. The molecule has 2 N–H and O–H groups in total. The molecule has 2 nitrogen and oxygen atoms in total. The maximum atomic E-state index is 10.2. The maximum absolute atomic E-state index is 10.2. The summed E-state index contributed by atoms with van der Waals surface area (Å²) in [5, 5.41) is 20.1. The molecule has 2 aliphatic carbocycles. The SMILES string of the molecule is C=C1CCC[C@H]2[C@](C)(Cc3cc(O)ccc3O)[C@H](C)CC[C@@]12C. The predicted octanol–water partition coefficient (Wildman–Crippen LogP) is 5.44. The van der Waals surface area contributed by atoms with Gasteiger partial charge in [0.2, 0.25) is 0 Å². The Balaban J connectivity index is 1.99. The summed E-state index contributed by atoms with van der Waals surface area (Å²) in [4.78, 5) is 0. The number of hydrogen-bond donors (Lipinski definition) is 2. The van der Waals surface area contributed by atoms with Crippen LogP contribution in [0, 0.1) is 22.7 Å². The van der Waals surface area contributed by atoms with Crippen LogP contribution in [0.15, 0.2) is 30.4 Å². The highest BCUT2D eigenvalue weighted by Gasteiger charge is 2.53. The molecule has 0 spiro atoms. The van der Waals surface area contributed by atoms with E-state index < -0.39 is 0 Å². The molecular formula is C21H30O2. The third kappa shape index (κ3) is 2.56. The highest BCUT2D eigenvalue weighted by molar-refractivity contribution is 5.39. The zero-order valence-corrected chi connectivity index (χ0v) is 14.7. The lowest BCUT2D eigenvalue weighted by atomic mass is 9.46. The van der Waals surface area contributed by atoms with Crippen LogP contribution in [0.4, 0.5) is 0 Å². The number of allylic oxidation sites excluding steroid dienone is 1. The average molecular weight is 314 g/mol. The number of fused-ring (bicyclic) bond motifs is 1. The van der Waals surface area contributed by atoms with Crippen molar-refractivity contribution >= 4 is 0 Å². The fourth-order valence-corrected chi connectivity index (χ4v) is 5.39. The van der Waals surface area contributed by atoms with Gasteiger partial charge in [0, 0.05) is 0 Å². The van der Waals surface area contributed by atoms with Crippen molar-refractivity contribution in [1.29, 1.82) is 0 Å². The molecule has 2 fully saturated rings. The fourth-order valence-electron chi connectivity index (χ4n) is 5.39. The summed E-state index contributed by atoms with van der Waals surface area (Å²) in [7, 11) is 0. The molecule has 0 amide bonds. The molecule has 3 rings (SSSR count). The summed E-state index contributed by atoms with van der Waals surface area (Å²) in [6.07, 6.45) is 6.90. The van der Waals surface area contributed by atoms with Crippen molar-refractivity contribution < 1.29 is 10.2 Å². The minimum absolute atomic E-state index is 0.127. The number of aromatic hydroxyl groups is 2. The number of phenolic OH excluding ortho intramolecular Hbond substituents is 2. The van der Waals surface area contributed by atoms with Crippen molar-refractivity contribution in [2.24, 2.45) is 22.7 Å². The van der Waals surface area contributed by atoms with Crippen molar-refractivity contribution in [2.75, 3.05) is 0 Å². The standard InChI is InChI=1S/C21H30O2/c1-14-6-5-7-19-20(14,3)11-10-15(2)21(19,4)13-16-12-17(22)8-9-18(16)23/h8-9,12,15,19,22-23H,1,5-7,10-11,13H2,2-4H3/t15-,19-,20+,21-/m1/s1. The number of rotatable bonds is 2.